The molecule has 34 heavy (non-hydrogen) atoms. The molecule has 0 unspecified atom stereocenters. The molecule has 0 spiro atoms. The quantitative estimate of drug-likeness (QED) is 0.411. The molecule has 4 rings (SSSR count). The molecule has 182 valence electrons. The molecule has 0 saturated heterocycles. The second-order valence-corrected chi connectivity index (χ2v) is 8.36. The minimum Gasteiger partial charge on any atom is -0.493 e. The molecule has 3 aromatic rings. The van der Waals surface area contributed by atoms with Crippen molar-refractivity contribution in [3.05, 3.63) is 24.3 Å². The van der Waals surface area contributed by atoms with Crippen LogP contribution in [0.15, 0.2) is 24.3 Å². The van der Waals surface area contributed by atoms with Crippen molar-refractivity contribution in [3.63, 3.8) is 0 Å². The van der Waals surface area contributed by atoms with Gasteiger partial charge >= 0.3 is 0 Å². The van der Waals surface area contributed by atoms with Crippen LogP contribution in [0.3, 0.4) is 0 Å². The zero-order valence-electron chi connectivity index (χ0n) is 19.9. The first-order chi connectivity index (χ1) is 16.6. The van der Waals surface area contributed by atoms with Crippen LogP contribution in [0.5, 0.6) is 17.2 Å². The molecule has 10 nitrogen and oxygen atoms in total. The Morgan fingerprint density at radius 3 is 2.41 bits per heavy atom. The van der Waals surface area contributed by atoms with Crippen LogP contribution in [0, 0.1) is 5.92 Å². The number of carbonyl (C=O) groups excluding carboxylic acids is 1. The van der Waals surface area contributed by atoms with Gasteiger partial charge in [0.05, 0.1) is 21.3 Å². The van der Waals surface area contributed by atoms with E-state index in [9.17, 15) is 4.79 Å². The summed E-state index contributed by atoms with van der Waals surface area (Å²) in [5, 5.41) is 6.25. The standard InChI is InChI=1S/C24H32N6O4/c1-32-18-13-16(14-19(33-2)22(18)34-3)26-24-27-17-8-9-20(29-23(17)30(24)11-10-25)28-21(31)12-15-6-4-5-7-15/h8-9,13-15H,4-7,10-12,25H2,1-3H3,(H,26,27)(H,28,29,31). The summed E-state index contributed by atoms with van der Waals surface area (Å²) in [7, 11) is 4.69. The Morgan fingerprint density at radius 2 is 1.79 bits per heavy atom. The van der Waals surface area contributed by atoms with Crippen LogP contribution in [0.25, 0.3) is 11.2 Å². The second kappa shape index (κ2) is 10.6. The lowest BCUT2D eigenvalue weighted by Crippen LogP contribution is -2.16. The van der Waals surface area contributed by atoms with Gasteiger partial charge in [0.1, 0.15) is 11.3 Å². The number of nitrogens with one attached hydrogen (secondary N) is 2. The van der Waals surface area contributed by atoms with E-state index in [1.165, 1.54) is 12.8 Å². The lowest BCUT2D eigenvalue weighted by Gasteiger charge is -2.15. The lowest BCUT2D eigenvalue weighted by molar-refractivity contribution is -0.117. The maximum atomic E-state index is 12.5. The van der Waals surface area contributed by atoms with Crippen molar-refractivity contribution >= 4 is 34.5 Å². The van der Waals surface area contributed by atoms with Gasteiger partial charge in [-0.05, 0) is 30.9 Å². The predicted octanol–water partition coefficient (Wildman–Crippen LogP) is 3.68. The Hall–Kier alpha value is -3.53. The van der Waals surface area contributed by atoms with Crippen LogP contribution in [-0.2, 0) is 11.3 Å². The molecule has 1 aromatic carbocycles. The number of nitrogens with two attached hydrogens (primary N) is 1. The summed E-state index contributed by atoms with van der Waals surface area (Å²) in [5.41, 5.74) is 7.91. The molecule has 0 bridgehead atoms. The number of benzene rings is 1. The van der Waals surface area contributed by atoms with Gasteiger partial charge in [0.2, 0.25) is 17.6 Å². The van der Waals surface area contributed by atoms with Crippen LogP contribution in [0.2, 0.25) is 0 Å². The number of methoxy groups -OCH3 is 3. The van der Waals surface area contributed by atoms with Gasteiger partial charge in [0.25, 0.3) is 0 Å². The molecular formula is C24H32N6O4. The molecule has 1 amide bonds. The summed E-state index contributed by atoms with van der Waals surface area (Å²) in [6.07, 6.45) is 5.21. The van der Waals surface area contributed by atoms with Gasteiger partial charge in [0, 0.05) is 37.3 Å². The Morgan fingerprint density at radius 1 is 1.09 bits per heavy atom. The van der Waals surface area contributed by atoms with Gasteiger partial charge in [0.15, 0.2) is 17.1 Å². The largest absolute Gasteiger partial charge is 0.493 e. The molecule has 0 aliphatic heterocycles. The summed E-state index contributed by atoms with van der Waals surface area (Å²) in [6.45, 7) is 0.894. The first kappa shape index (κ1) is 23.6. The molecule has 1 fully saturated rings. The average Bonchev–Trinajstić information content (AvgIpc) is 3.46. The fourth-order valence-corrected chi connectivity index (χ4v) is 4.46. The van der Waals surface area contributed by atoms with Crippen molar-refractivity contribution in [1.82, 2.24) is 14.5 Å². The summed E-state index contributed by atoms with van der Waals surface area (Å²) in [6, 6.07) is 7.23. The Kier molecular flexibility index (Phi) is 7.36. The minimum atomic E-state index is -0.000545. The lowest BCUT2D eigenvalue weighted by atomic mass is 10.0. The number of nitrogens with zero attached hydrogens (tertiary/aromatic N) is 3. The number of carbonyl (C=O) groups is 1. The Labute approximate surface area is 198 Å². The van der Waals surface area contributed by atoms with E-state index in [0.29, 0.717) is 71.3 Å². The molecule has 1 saturated carbocycles. The highest BCUT2D eigenvalue weighted by Crippen LogP contribution is 2.40. The molecule has 1 aliphatic carbocycles. The molecular weight excluding hydrogens is 436 g/mol. The number of amides is 1. The monoisotopic (exact) mass is 468 g/mol. The normalized spacial score (nSPS) is 13.8. The van der Waals surface area contributed by atoms with Crippen LogP contribution >= 0.6 is 0 Å². The molecule has 10 heteroatoms. The molecule has 0 radical (unpaired) electrons. The number of fused-ring (bicyclic) bond motifs is 1. The molecule has 0 atom stereocenters. The third-order valence-electron chi connectivity index (χ3n) is 6.08. The molecule has 2 heterocycles. The first-order valence-corrected chi connectivity index (χ1v) is 11.5. The van der Waals surface area contributed by atoms with E-state index in [-0.39, 0.29) is 5.91 Å². The highest BCUT2D eigenvalue weighted by molar-refractivity contribution is 5.91. The van der Waals surface area contributed by atoms with E-state index in [2.05, 4.69) is 15.6 Å². The van der Waals surface area contributed by atoms with Crippen molar-refractivity contribution in [2.75, 3.05) is 38.5 Å². The maximum Gasteiger partial charge on any atom is 0.225 e. The van der Waals surface area contributed by atoms with Gasteiger partial charge in [-0.15, -0.1) is 0 Å². The zero-order valence-corrected chi connectivity index (χ0v) is 19.9. The smallest absolute Gasteiger partial charge is 0.225 e. The van der Waals surface area contributed by atoms with E-state index < -0.39 is 0 Å². The maximum absolute atomic E-state index is 12.5. The zero-order chi connectivity index (χ0) is 24.1. The van der Waals surface area contributed by atoms with Crippen molar-refractivity contribution in [2.45, 2.75) is 38.6 Å². The number of pyridine rings is 1. The van der Waals surface area contributed by atoms with Crippen LogP contribution < -0.4 is 30.6 Å². The molecule has 2 aromatic heterocycles. The fourth-order valence-electron chi connectivity index (χ4n) is 4.46. The number of hydrogen-bond acceptors (Lipinski definition) is 8. The minimum absolute atomic E-state index is 0.000545. The van der Waals surface area contributed by atoms with Crippen LogP contribution in [0.4, 0.5) is 17.5 Å². The second-order valence-electron chi connectivity index (χ2n) is 8.36. The SMILES string of the molecule is COc1cc(Nc2nc3ccc(NC(=O)CC4CCCC4)nc3n2CCN)cc(OC)c1OC. The van der Waals surface area contributed by atoms with Gasteiger partial charge in [-0.25, -0.2) is 9.97 Å². The van der Waals surface area contributed by atoms with E-state index in [1.54, 1.807) is 39.5 Å². The third-order valence-corrected chi connectivity index (χ3v) is 6.08. The number of hydrogen-bond donors (Lipinski definition) is 3. The van der Waals surface area contributed by atoms with Crippen LogP contribution in [-0.4, -0.2) is 48.3 Å². The van der Waals surface area contributed by atoms with Gasteiger partial charge in [-0.2, -0.15) is 0 Å². The van der Waals surface area contributed by atoms with E-state index in [0.717, 1.165) is 12.8 Å². The molecule has 1 aliphatic rings. The van der Waals surface area contributed by atoms with Crippen LogP contribution in [0.1, 0.15) is 32.1 Å². The molecule has 4 N–H and O–H groups in total. The number of ether oxygens (including phenoxy) is 3. The number of anilines is 3. The summed E-state index contributed by atoms with van der Waals surface area (Å²) < 4.78 is 18.2. The highest BCUT2D eigenvalue weighted by Gasteiger charge is 2.20. The third kappa shape index (κ3) is 5.01. The summed E-state index contributed by atoms with van der Waals surface area (Å²) in [4.78, 5) is 21.9. The van der Waals surface area contributed by atoms with Gasteiger partial charge in [-0.1, -0.05) is 12.8 Å². The van der Waals surface area contributed by atoms with Crippen molar-refractivity contribution in [1.29, 1.82) is 0 Å². The Bertz CT molecular complexity index is 1130. The van der Waals surface area contributed by atoms with Gasteiger partial charge < -0.3 is 30.6 Å². The summed E-state index contributed by atoms with van der Waals surface area (Å²) in [5.74, 6) is 3.10. The highest BCUT2D eigenvalue weighted by atomic mass is 16.5. The fraction of sp³-hybridized carbons (Fsp3) is 0.458. The first-order valence-electron chi connectivity index (χ1n) is 11.5. The van der Waals surface area contributed by atoms with E-state index >= 15 is 0 Å². The predicted molar refractivity (Wildman–Crippen MR) is 131 cm³/mol. The number of imidazole rings is 1. The van der Waals surface area contributed by atoms with Crippen molar-refractivity contribution < 1.29 is 19.0 Å². The number of aromatic nitrogens is 3. The van der Waals surface area contributed by atoms with Crippen molar-refractivity contribution in [2.24, 2.45) is 11.7 Å². The topological polar surface area (TPSA) is 126 Å². The Balaban J connectivity index is 1.62. The average molecular weight is 469 g/mol. The summed E-state index contributed by atoms with van der Waals surface area (Å²) >= 11 is 0. The van der Waals surface area contributed by atoms with Gasteiger partial charge in [-0.3, -0.25) is 9.36 Å². The van der Waals surface area contributed by atoms with E-state index in [4.69, 9.17) is 24.9 Å². The number of rotatable bonds is 10. The van der Waals surface area contributed by atoms with E-state index in [1.807, 2.05) is 10.6 Å². The van der Waals surface area contributed by atoms with Crippen molar-refractivity contribution in [3.8, 4) is 17.2 Å².